The predicted octanol–water partition coefficient (Wildman–Crippen LogP) is 4.34. The number of anilines is 1. The smallest absolute Gasteiger partial charge is 0.270 e. The molecule has 1 aliphatic heterocycles. The third-order valence-corrected chi connectivity index (χ3v) is 5.84. The predicted molar refractivity (Wildman–Crippen MR) is 109 cm³/mol. The van der Waals surface area contributed by atoms with Crippen molar-refractivity contribution < 1.29 is 9.53 Å². The van der Waals surface area contributed by atoms with Crippen molar-refractivity contribution in [1.82, 2.24) is 5.32 Å². The Bertz CT molecular complexity index is 802. The van der Waals surface area contributed by atoms with E-state index in [0.717, 1.165) is 17.8 Å². The molecule has 142 valence electrons. The van der Waals surface area contributed by atoms with Crippen LogP contribution < -0.4 is 15.0 Å². The Balaban J connectivity index is 1.52. The van der Waals surface area contributed by atoms with Crippen molar-refractivity contribution in [3.8, 4) is 5.75 Å². The first-order valence-corrected chi connectivity index (χ1v) is 10.1. The normalized spacial score (nSPS) is 22.7. The molecule has 2 fully saturated rings. The Hall–Kier alpha value is -2.04. The summed E-state index contributed by atoms with van der Waals surface area (Å²) in [6.45, 7) is 2.78. The minimum absolute atomic E-state index is 0.0115. The second-order valence-electron chi connectivity index (χ2n) is 7.44. The second kappa shape index (κ2) is 7.91. The van der Waals surface area contributed by atoms with Crippen LogP contribution in [0.15, 0.2) is 48.5 Å². The van der Waals surface area contributed by atoms with Crippen LogP contribution in [-0.4, -0.2) is 30.6 Å². The largest absolute Gasteiger partial charge is 0.478 e. The van der Waals surface area contributed by atoms with Crippen LogP contribution in [0.4, 0.5) is 5.69 Å². The van der Waals surface area contributed by atoms with Crippen molar-refractivity contribution in [3.63, 3.8) is 0 Å². The first kappa shape index (κ1) is 18.3. The molecule has 2 atom stereocenters. The van der Waals surface area contributed by atoms with Gasteiger partial charge in [-0.2, -0.15) is 0 Å². The van der Waals surface area contributed by atoms with Crippen molar-refractivity contribution in [2.24, 2.45) is 0 Å². The van der Waals surface area contributed by atoms with Gasteiger partial charge >= 0.3 is 0 Å². The van der Waals surface area contributed by atoms with Gasteiger partial charge in [-0.05, 0) is 55.7 Å². The third-order valence-electron chi connectivity index (χ3n) is 5.58. The molecule has 2 unspecified atom stereocenters. The summed E-state index contributed by atoms with van der Waals surface area (Å²) in [5.74, 6) is 0.686. The van der Waals surface area contributed by atoms with Gasteiger partial charge in [0.05, 0.1) is 6.04 Å². The van der Waals surface area contributed by atoms with Gasteiger partial charge in [-0.15, -0.1) is 0 Å². The average Bonchev–Trinajstić information content (AvgIpc) is 3.19. The maximum Gasteiger partial charge on any atom is 0.270 e. The highest BCUT2D eigenvalue weighted by Crippen LogP contribution is 2.33. The molecule has 4 nitrogen and oxygen atoms in total. The minimum atomic E-state index is -0.473. The van der Waals surface area contributed by atoms with Crippen molar-refractivity contribution in [2.45, 2.75) is 50.8 Å². The number of carbonyl (C=O) groups excluding carboxylic acids is 1. The van der Waals surface area contributed by atoms with E-state index < -0.39 is 6.10 Å². The van der Waals surface area contributed by atoms with Crippen LogP contribution in [-0.2, 0) is 4.79 Å². The fourth-order valence-electron chi connectivity index (χ4n) is 4.05. The highest BCUT2D eigenvalue weighted by atomic mass is 35.5. The van der Waals surface area contributed by atoms with Gasteiger partial charge in [0.1, 0.15) is 5.75 Å². The molecule has 1 saturated heterocycles. The molecule has 0 spiro atoms. The van der Waals surface area contributed by atoms with Crippen LogP contribution in [0.2, 0.25) is 5.02 Å². The monoisotopic (exact) mass is 384 g/mol. The Labute approximate surface area is 165 Å². The lowest BCUT2D eigenvalue weighted by Crippen LogP contribution is -2.70. The van der Waals surface area contributed by atoms with Crippen molar-refractivity contribution in [1.29, 1.82) is 0 Å². The molecule has 0 bridgehead atoms. The molecule has 1 N–H and O–H groups in total. The lowest BCUT2D eigenvalue weighted by molar-refractivity contribution is -0.134. The van der Waals surface area contributed by atoms with E-state index in [-0.39, 0.29) is 11.9 Å². The van der Waals surface area contributed by atoms with E-state index in [0.29, 0.717) is 16.8 Å². The number of ether oxygens (including phenoxy) is 1. The number of amides is 1. The third kappa shape index (κ3) is 3.83. The Kier molecular flexibility index (Phi) is 5.37. The summed E-state index contributed by atoms with van der Waals surface area (Å²) in [6.07, 6.45) is 4.53. The molecular formula is C22H25ClN2O2. The Morgan fingerprint density at radius 2 is 1.81 bits per heavy atom. The molecule has 2 aromatic carbocycles. The maximum atomic E-state index is 12.9. The molecule has 1 aliphatic carbocycles. The van der Waals surface area contributed by atoms with E-state index in [4.69, 9.17) is 16.3 Å². The summed E-state index contributed by atoms with van der Waals surface area (Å²) >= 11 is 5.96. The number of hydrogen-bond donors (Lipinski definition) is 1. The minimum Gasteiger partial charge on any atom is -0.478 e. The van der Waals surface area contributed by atoms with Gasteiger partial charge in [0.15, 0.2) is 6.10 Å². The van der Waals surface area contributed by atoms with E-state index in [1.807, 2.05) is 48.2 Å². The summed E-state index contributed by atoms with van der Waals surface area (Å²) in [4.78, 5) is 14.8. The van der Waals surface area contributed by atoms with Gasteiger partial charge < -0.3 is 15.0 Å². The first-order chi connectivity index (χ1) is 13.1. The molecule has 0 radical (unpaired) electrons. The van der Waals surface area contributed by atoms with Crippen molar-refractivity contribution in [2.75, 3.05) is 11.4 Å². The average molecular weight is 385 g/mol. The number of aryl methyl sites for hydroxylation is 1. The van der Waals surface area contributed by atoms with Gasteiger partial charge in [-0.1, -0.05) is 42.6 Å². The number of para-hydroxylation sites is 1. The van der Waals surface area contributed by atoms with Gasteiger partial charge in [-0.25, -0.2) is 0 Å². The number of nitrogens with one attached hydrogen (secondary N) is 1. The summed E-state index contributed by atoms with van der Waals surface area (Å²) in [5, 5.41) is 4.31. The Morgan fingerprint density at radius 1 is 1.11 bits per heavy atom. The quantitative estimate of drug-likeness (QED) is 0.753. The van der Waals surface area contributed by atoms with Gasteiger partial charge in [0, 0.05) is 23.3 Å². The van der Waals surface area contributed by atoms with Crippen LogP contribution in [0.3, 0.4) is 0 Å². The number of hydrogen-bond acceptors (Lipinski definition) is 3. The topological polar surface area (TPSA) is 41.6 Å². The zero-order chi connectivity index (χ0) is 18.8. The van der Waals surface area contributed by atoms with Crippen molar-refractivity contribution >= 4 is 23.2 Å². The number of β-lactam (4-membered cyclic amide) rings is 1. The molecule has 2 aliphatic rings. The molecule has 1 heterocycles. The maximum absolute atomic E-state index is 12.9. The molecule has 1 saturated carbocycles. The van der Waals surface area contributed by atoms with Gasteiger partial charge in [0.2, 0.25) is 0 Å². The number of nitrogens with zero attached hydrogens (tertiary/aromatic N) is 1. The summed E-state index contributed by atoms with van der Waals surface area (Å²) in [5.41, 5.74) is 2.07. The summed E-state index contributed by atoms with van der Waals surface area (Å²) < 4.78 is 6.05. The summed E-state index contributed by atoms with van der Waals surface area (Å²) in [6, 6.07) is 15.7. The van der Waals surface area contributed by atoms with E-state index in [1.165, 1.54) is 25.7 Å². The molecule has 27 heavy (non-hydrogen) atoms. The highest BCUT2D eigenvalue weighted by Gasteiger charge is 2.50. The molecule has 2 aromatic rings. The van der Waals surface area contributed by atoms with Crippen LogP contribution >= 0.6 is 11.6 Å². The Morgan fingerprint density at radius 3 is 2.52 bits per heavy atom. The van der Waals surface area contributed by atoms with E-state index in [2.05, 4.69) is 5.32 Å². The number of rotatable bonds is 6. The zero-order valence-electron chi connectivity index (χ0n) is 15.5. The fourth-order valence-corrected chi connectivity index (χ4v) is 4.18. The standard InChI is InChI=1S/C22H25ClN2O2/c1-15-6-2-5-9-19(15)25-20(14-24-17-7-3-4-8-17)21(22(25)26)27-18-12-10-16(23)11-13-18/h2,5-6,9-13,17,20-21,24H,3-4,7-8,14H2,1H3. The molecule has 0 aromatic heterocycles. The molecule has 4 rings (SSSR count). The van der Waals surface area contributed by atoms with Gasteiger partial charge in [0.25, 0.3) is 5.91 Å². The number of halogens is 1. The van der Waals surface area contributed by atoms with Crippen LogP contribution in [0.1, 0.15) is 31.2 Å². The SMILES string of the molecule is Cc1ccccc1N1C(=O)C(Oc2ccc(Cl)cc2)C1CNC1CCCC1. The summed E-state index contributed by atoms with van der Waals surface area (Å²) in [7, 11) is 0. The van der Waals surface area contributed by atoms with E-state index >= 15 is 0 Å². The molecule has 1 amide bonds. The fraction of sp³-hybridized carbons (Fsp3) is 0.409. The zero-order valence-corrected chi connectivity index (χ0v) is 16.3. The second-order valence-corrected chi connectivity index (χ2v) is 7.88. The lowest BCUT2D eigenvalue weighted by Gasteiger charge is -2.47. The van der Waals surface area contributed by atoms with Gasteiger partial charge in [-0.3, -0.25) is 4.79 Å². The van der Waals surface area contributed by atoms with Crippen LogP contribution in [0, 0.1) is 6.92 Å². The first-order valence-electron chi connectivity index (χ1n) is 9.68. The number of benzene rings is 2. The van der Waals surface area contributed by atoms with Crippen LogP contribution in [0.5, 0.6) is 5.75 Å². The molecular weight excluding hydrogens is 360 g/mol. The molecule has 5 heteroatoms. The number of carbonyl (C=O) groups is 1. The van der Waals surface area contributed by atoms with Crippen molar-refractivity contribution in [3.05, 3.63) is 59.1 Å². The van der Waals surface area contributed by atoms with Crippen LogP contribution in [0.25, 0.3) is 0 Å². The van der Waals surface area contributed by atoms with E-state index in [1.54, 1.807) is 12.1 Å². The lowest BCUT2D eigenvalue weighted by atomic mass is 9.94. The highest BCUT2D eigenvalue weighted by molar-refractivity contribution is 6.30. The van der Waals surface area contributed by atoms with E-state index in [9.17, 15) is 4.79 Å².